The molecule has 0 bridgehead atoms. The van der Waals surface area contributed by atoms with Crippen LogP contribution >= 0.6 is 0 Å². The molecule has 1 heterocycles. The van der Waals surface area contributed by atoms with Gasteiger partial charge in [0, 0.05) is 25.4 Å². The molecule has 0 aromatic carbocycles. The van der Waals surface area contributed by atoms with E-state index in [4.69, 9.17) is 9.47 Å². The molecule has 0 saturated heterocycles. The van der Waals surface area contributed by atoms with Gasteiger partial charge in [-0.1, -0.05) is 0 Å². The van der Waals surface area contributed by atoms with Crippen LogP contribution in [0, 0.1) is 0 Å². The van der Waals surface area contributed by atoms with Gasteiger partial charge >= 0.3 is 0 Å². The van der Waals surface area contributed by atoms with Gasteiger partial charge in [-0.15, -0.1) is 0 Å². The maximum atomic E-state index is 11.3. The monoisotopic (exact) mass is 253 g/mol. The Kier molecular flexibility index (Phi) is 5.93. The maximum absolute atomic E-state index is 11.3. The first kappa shape index (κ1) is 14.2. The number of nitrogens with zero attached hydrogens (tertiary/aromatic N) is 1. The highest BCUT2D eigenvalue weighted by atomic mass is 16.5. The van der Waals surface area contributed by atoms with Gasteiger partial charge in [-0.25, -0.2) is 0 Å². The molecule has 1 aromatic rings. The van der Waals surface area contributed by atoms with Gasteiger partial charge in [-0.3, -0.25) is 9.78 Å². The van der Waals surface area contributed by atoms with Gasteiger partial charge in [0.05, 0.1) is 26.5 Å². The first-order valence-electron chi connectivity index (χ1n) is 5.76. The lowest BCUT2D eigenvalue weighted by Crippen LogP contribution is -2.33. The third kappa shape index (κ3) is 3.89. The summed E-state index contributed by atoms with van der Waals surface area (Å²) in [6, 6.07) is 1.73. The molecule has 100 valence electrons. The van der Waals surface area contributed by atoms with Gasteiger partial charge in [0.2, 0.25) is 5.91 Å². The molecule has 0 spiro atoms. The molecule has 2 N–H and O–H groups in total. The van der Waals surface area contributed by atoms with E-state index in [0.29, 0.717) is 30.3 Å². The lowest BCUT2D eigenvalue weighted by molar-refractivity contribution is -0.120. The van der Waals surface area contributed by atoms with Crippen LogP contribution in [0.4, 0.5) is 0 Å². The Bertz CT molecular complexity index is 396. The van der Waals surface area contributed by atoms with Crippen molar-refractivity contribution in [2.24, 2.45) is 0 Å². The van der Waals surface area contributed by atoms with Crippen LogP contribution in [0.5, 0.6) is 11.5 Å². The second kappa shape index (κ2) is 7.50. The molecule has 0 atom stereocenters. The number of methoxy groups -OCH3 is 2. The van der Waals surface area contributed by atoms with Crippen molar-refractivity contribution in [3.63, 3.8) is 0 Å². The number of likely N-dealkylation sites (N-methyl/N-ethyl adjacent to an activating group) is 1. The lowest BCUT2D eigenvalue weighted by Gasteiger charge is -2.12. The van der Waals surface area contributed by atoms with Crippen molar-refractivity contribution in [3.8, 4) is 11.5 Å². The Morgan fingerprint density at radius 3 is 2.78 bits per heavy atom. The van der Waals surface area contributed by atoms with E-state index in [0.717, 1.165) is 0 Å². The highest BCUT2D eigenvalue weighted by Crippen LogP contribution is 2.28. The number of hydrogen-bond acceptors (Lipinski definition) is 5. The zero-order valence-corrected chi connectivity index (χ0v) is 10.9. The summed E-state index contributed by atoms with van der Waals surface area (Å²) in [6.07, 6.45) is 1.64. The summed E-state index contributed by atoms with van der Waals surface area (Å²) in [7, 11) is 3.14. The van der Waals surface area contributed by atoms with Crippen LogP contribution in [0.2, 0.25) is 0 Å². The second-order valence-electron chi connectivity index (χ2n) is 3.55. The quantitative estimate of drug-likeness (QED) is 0.732. The van der Waals surface area contributed by atoms with Crippen molar-refractivity contribution in [2.45, 2.75) is 13.5 Å². The van der Waals surface area contributed by atoms with Crippen molar-refractivity contribution < 1.29 is 14.3 Å². The minimum atomic E-state index is -0.0423. The van der Waals surface area contributed by atoms with E-state index < -0.39 is 0 Å². The van der Waals surface area contributed by atoms with Gasteiger partial charge in [-0.05, 0) is 6.92 Å². The summed E-state index contributed by atoms with van der Waals surface area (Å²) < 4.78 is 10.4. The Hall–Kier alpha value is -1.82. The number of carbonyl (C=O) groups is 1. The number of carbonyl (C=O) groups excluding carboxylic acids is 1. The van der Waals surface area contributed by atoms with E-state index in [-0.39, 0.29) is 12.5 Å². The van der Waals surface area contributed by atoms with Gasteiger partial charge in [-0.2, -0.15) is 0 Å². The minimum Gasteiger partial charge on any atom is -0.493 e. The second-order valence-corrected chi connectivity index (χ2v) is 3.55. The topological polar surface area (TPSA) is 72.5 Å². The van der Waals surface area contributed by atoms with Gasteiger partial charge in [0.1, 0.15) is 0 Å². The molecule has 0 aliphatic heterocycles. The fraction of sp³-hybridized carbons (Fsp3) is 0.500. The third-order valence-corrected chi connectivity index (χ3v) is 2.32. The molecule has 6 nitrogen and oxygen atoms in total. The standard InChI is InChI=1S/C12H19N3O3/c1-4-14-11(16)8-13-7-9-12(18-3)10(17-2)5-6-15-9/h5-6,13H,4,7-8H2,1-3H3,(H,14,16). The van der Waals surface area contributed by atoms with Crippen molar-refractivity contribution in [1.82, 2.24) is 15.6 Å². The number of nitrogens with one attached hydrogen (secondary N) is 2. The number of pyridine rings is 1. The summed E-state index contributed by atoms with van der Waals surface area (Å²) >= 11 is 0. The smallest absolute Gasteiger partial charge is 0.233 e. The van der Waals surface area contributed by atoms with Crippen LogP contribution < -0.4 is 20.1 Å². The molecule has 1 rings (SSSR count). The van der Waals surface area contributed by atoms with Crippen LogP contribution in [0.15, 0.2) is 12.3 Å². The first-order valence-corrected chi connectivity index (χ1v) is 5.76. The summed E-state index contributed by atoms with van der Waals surface area (Å²) in [5, 5.41) is 5.71. The Morgan fingerprint density at radius 2 is 2.17 bits per heavy atom. The van der Waals surface area contributed by atoms with Gasteiger partial charge in [0.25, 0.3) is 0 Å². The highest BCUT2D eigenvalue weighted by Gasteiger charge is 2.10. The summed E-state index contributed by atoms with van der Waals surface area (Å²) in [4.78, 5) is 15.5. The van der Waals surface area contributed by atoms with Crippen LogP contribution in [0.25, 0.3) is 0 Å². The number of rotatable bonds is 7. The fourth-order valence-corrected chi connectivity index (χ4v) is 1.53. The van der Waals surface area contributed by atoms with E-state index in [9.17, 15) is 4.79 Å². The minimum absolute atomic E-state index is 0.0423. The molecule has 0 aliphatic rings. The molecular weight excluding hydrogens is 234 g/mol. The Morgan fingerprint density at radius 1 is 1.39 bits per heavy atom. The number of ether oxygens (including phenoxy) is 2. The lowest BCUT2D eigenvalue weighted by atomic mass is 10.3. The molecule has 6 heteroatoms. The van der Waals surface area contributed by atoms with Gasteiger partial charge < -0.3 is 20.1 Å². The highest BCUT2D eigenvalue weighted by molar-refractivity contribution is 5.77. The molecule has 1 aromatic heterocycles. The van der Waals surface area contributed by atoms with Crippen molar-refractivity contribution in [1.29, 1.82) is 0 Å². The normalized spacial score (nSPS) is 9.94. The van der Waals surface area contributed by atoms with Crippen LogP contribution in [-0.2, 0) is 11.3 Å². The number of amides is 1. The zero-order chi connectivity index (χ0) is 13.4. The average molecular weight is 253 g/mol. The summed E-state index contributed by atoms with van der Waals surface area (Å²) in [6.45, 7) is 3.19. The van der Waals surface area contributed by atoms with E-state index in [1.165, 1.54) is 0 Å². The largest absolute Gasteiger partial charge is 0.493 e. The number of hydrogen-bond donors (Lipinski definition) is 2. The zero-order valence-electron chi connectivity index (χ0n) is 10.9. The molecule has 0 radical (unpaired) electrons. The number of aromatic nitrogens is 1. The maximum Gasteiger partial charge on any atom is 0.233 e. The van der Waals surface area contributed by atoms with Crippen molar-refractivity contribution in [3.05, 3.63) is 18.0 Å². The molecule has 1 amide bonds. The molecule has 18 heavy (non-hydrogen) atoms. The summed E-state index contributed by atoms with van der Waals surface area (Å²) in [5.41, 5.74) is 0.709. The molecule has 0 unspecified atom stereocenters. The van der Waals surface area contributed by atoms with Crippen LogP contribution in [-0.4, -0.2) is 38.2 Å². The van der Waals surface area contributed by atoms with Crippen molar-refractivity contribution in [2.75, 3.05) is 27.3 Å². The van der Waals surface area contributed by atoms with E-state index in [1.54, 1.807) is 26.5 Å². The van der Waals surface area contributed by atoms with E-state index in [1.807, 2.05) is 6.92 Å². The van der Waals surface area contributed by atoms with E-state index >= 15 is 0 Å². The fourth-order valence-electron chi connectivity index (χ4n) is 1.53. The average Bonchev–Trinajstić information content (AvgIpc) is 2.38. The Labute approximate surface area is 107 Å². The molecule has 0 aliphatic carbocycles. The van der Waals surface area contributed by atoms with Crippen LogP contribution in [0.1, 0.15) is 12.6 Å². The van der Waals surface area contributed by atoms with Gasteiger partial charge in [0.15, 0.2) is 11.5 Å². The van der Waals surface area contributed by atoms with Crippen molar-refractivity contribution >= 4 is 5.91 Å². The first-order chi connectivity index (χ1) is 8.72. The third-order valence-electron chi connectivity index (χ3n) is 2.32. The molecule has 0 fully saturated rings. The van der Waals surface area contributed by atoms with E-state index in [2.05, 4.69) is 15.6 Å². The summed E-state index contributed by atoms with van der Waals surface area (Å²) in [5.74, 6) is 1.17. The van der Waals surface area contributed by atoms with Crippen LogP contribution in [0.3, 0.4) is 0 Å². The molecular formula is C12H19N3O3. The predicted octanol–water partition coefficient (Wildman–Crippen LogP) is 0.325. The SMILES string of the molecule is CCNC(=O)CNCc1nccc(OC)c1OC. The Balaban J connectivity index is 2.59. The predicted molar refractivity (Wildman–Crippen MR) is 67.7 cm³/mol. The molecule has 0 saturated carbocycles.